The van der Waals surface area contributed by atoms with Crippen molar-refractivity contribution in [2.45, 2.75) is 13.0 Å². The van der Waals surface area contributed by atoms with Crippen LogP contribution in [-0.4, -0.2) is 14.7 Å². The number of anilines is 1. The van der Waals surface area contributed by atoms with E-state index in [0.717, 1.165) is 11.1 Å². The molecule has 0 saturated carbocycles. The fourth-order valence-electron chi connectivity index (χ4n) is 1.39. The first-order chi connectivity index (χ1) is 7.66. The Labute approximate surface area is 95.9 Å². The quantitative estimate of drug-likeness (QED) is 0.864. The standard InChI is InChI=1S/C10H10FN3OS/c1-6(13-10-5-12-14-16-10)8-3-2-7(15)4-9(8)11/h2-6,13,15H,1H3. The van der Waals surface area contributed by atoms with Crippen molar-refractivity contribution < 1.29 is 9.50 Å². The third-order valence-corrected chi connectivity index (χ3v) is 2.77. The zero-order valence-electron chi connectivity index (χ0n) is 8.51. The van der Waals surface area contributed by atoms with E-state index in [0.29, 0.717) is 5.56 Å². The zero-order chi connectivity index (χ0) is 11.5. The molecule has 0 aliphatic rings. The first-order valence-electron chi connectivity index (χ1n) is 4.69. The Morgan fingerprint density at radius 1 is 1.50 bits per heavy atom. The highest BCUT2D eigenvalue weighted by molar-refractivity contribution is 7.09. The fraction of sp³-hybridized carbons (Fsp3) is 0.200. The van der Waals surface area contributed by atoms with Gasteiger partial charge in [-0.2, -0.15) is 0 Å². The molecule has 1 atom stereocenters. The second-order valence-corrected chi connectivity index (χ2v) is 4.14. The smallest absolute Gasteiger partial charge is 0.132 e. The lowest BCUT2D eigenvalue weighted by molar-refractivity contribution is 0.467. The van der Waals surface area contributed by atoms with Crippen LogP contribution in [0.2, 0.25) is 0 Å². The molecule has 0 amide bonds. The van der Waals surface area contributed by atoms with E-state index >= 15 is 0 Å². The number of halogens is 1. The van der Waals surface area contributed by atoms with Crippen LogP contribution in [0.15, 0.2) is 24.4 Å². The minimum absolute atomic E-state index is 0.0760. The first-order valence-corrected chi connectivity index (χ1v) is 5.46. The van der Waals surface area contributed by atoms with Crippen LogP contribution < -0.4 is 5.32 Å². The molecular weight excluding hydrogens is 229 g/mol. The molecule has 1 unspecified atom stereocenters. The normalized spacial score (nSPS) is 12.4. The summed E-state index contributed by atoms with van der Waals surface area (Å²) in [7, 11) is 0. The zero-order valence-corrected chi connectivity index (χ0v) is 9.33. The highest BCUT2D eigenvalue weighted by atomic mass is 32.1. The average Bonchev–Trinajstić information content (AvgIpc) is 2.70. The van der Waals surface area contributed by atoms with Crippen LogP contribution in [0.3, 0.4) is 0 Å². The molecule has 0 aliphatic heterocycles. The maximum absolute atomic E-state index is 13.5. The molecule has 0 bridgehead atoms. The third-order valence-electron chi connectivity index (χ3n) is 2.17. The number of phenols is 1. The number of hydrogen-bond donors (Lipinski definition) is 2. The molecule has 1 aromatic heterocycles. The van der Waals surface area contributed by atoms with Gasteiger partial charge in [0.05, 0.1) is 12.2 Å². The van der Waals surface area contributed by atoms with Gasteiger partial charge in [0.2, 0.25) is 0 Å². The summed E-state index contributed by atoms with van der Waals surface area (Å²) in [5.41, 5.74) is 0.492. The molecule has 0 fully saturated rings. The predicted octanol–water partition coefficient (Wildman–Crippen LogP) is 2.56. The number of aromatic hydroxyl groups is 1. The molecule has 0 spiro atoms. The van der Waals surface area contributed by atoms with E-state index in [2.05, 4.69) is 14.9 Å². The summed E-state index contributed by atoms with van der Waals surface area (Å²) in [4.78, 5) is 0. The molecule has 4 nitrogen and oxygen atoms in total. The van der Waals surface area contributed by atoms with Crippen molar-refractivity contribution in [3.05, 3.63) is 35.8 Å². The Morgan fingerprint density at radius 2 is 2.31 bits per heavy atom. The fourth-order valence-corrected chi connectivity index (χ4v) is 1.90. The van der Waals surface area contributed by atoms with E-state index in [1.54, 1.807) is 12.3 Å². The summed E-state index contributed by atoms with van der Waals surface area (Å²) in [6.45, 7) is 1.83. The number of hydrogen-bond acceptors (Lipinski definition) is 5. The second kappa shape index (κ2) is 4.44. The lowest BCUT2D eigenvalue weighted by Crippen LogP contribution is -2.07. The summed E-state index contributed by atoms with van der Waals surface area (Å²) < 4.78 is 17.2. The molecule has 2 rings (SSSR count). The molecule has 2 aromatic rings. The van der Waals surface area contributed by atoms with Crippen LogP contribution in [0.5, 0.6) is 5.75 Å². The Bertz CT molecular complexity index is 475. The molecule has 0 radical (unpaired) electrons. The Morgan fingerprint density at radius 3 is 2.94 bits per heavy atom. The SMILES string of the molecule is CC(Nc1cnns1)c1ccc(O)cc1F. The Kier molecular flexibility index (Phi) is 3.00. The van der Waals surface area contributed by atoms with Gasteiger partial charge in [-0.3, -0.25) is 0 Å². The predicted molar refractivity (Wildman–Crippen MR) is 60.0 cm³/mol. The van der Waals surface area contributed by atoms with Gasteiger partial charge in [-0.25, -0.2) is 4.39 Å². The lowest BCUT2D eigenvalue weighted by Gasteiger charge is -2.14. The molecule has 16 heavy (non-hydrogen) atoms. The highest BCUT2D eigenvalue weighted by Gasteiger charge is 2.12. The Hall–Kier alpha value is -1.69. The maximum atomic E-state index is 13.5. The van der Waals surface area contributed by atoms with Gasteiger partial charge in [-0.1, -0.05) is 10.6 Å². The van der Waals surface area contributed by atoms with E-state index in [-0.39, 0.29) is 11.8 Å². The number of rotatable bonds is 3. The largest absolute Gasteiger partial charge is 0.508 e. The monoisotopic (exact) mass is 239 g/mol. The summed E-state index contributed by atoms with van der Waals surface area (Å²) in [5.74, 6) is -0.509. The molecule has 1 heterocycles. The topological polar surface area (TPSA) is 58.0 Å². The maximum Gasteiger partial charge on any atom is 0.132 e. The number of nitrogens with one attached hydrogen (secondary N) is 1. The van der Waals surface area contributed by atoms with Gasteiger partial charge < -0.3 is 10.4 Å². The number of aromatic nitrogens is 2. The molecule has 1 aromatic carbocycles. The third kappa shape index (κ3) is 2.27. The summed E-state index contributed by atoms with van der Waals surface area (Å²) in [6.07, 6.45) is 1.58. The molecule has 6 heteroatoms. The Balaban J connectivity index is 2.17. The first kappa shape index (κ1) is 10.8. The van der Waals surface area contributed by atoms with E-state index < -0.39 is 5.82 Å². The highest BCUT2D eigenvalue weighted by Crippen LogP contribution is 2.24. The molecular formula is C10H10FN3OS. The number of benzene rings is 1. The average molecular weight is 239 g/mol. The van der Waals surface area contributed by atoms with Crippen LogP contribution in [0.4, 0.5) is 9.39 Å². The van der Waals surface area contributed by atoms with Gasteiger partial charge in [0.25, 0.3) is 0 Å². The van der Waals surface area contributed by atoms with Crippen LogP contribution in [-0.2, 0) is 0 Å². The summed E-state index contributed by atoms with van der Waals surface area (Å²) >= 11 is 1.21. The van der Waals surface area contributed by atoms with Crippen LogP contribution >= 0.6 is 11.5 Å². The number of nitrogens with zero attached hydrogens (tertiary/aromatic N) is 2. The van der Waals surface area contributed by atoms with E-state index in [9.17, 15) is 4.39 Å². The molecule has 0 aliphatic carbocycles. The van der Waals surface area contributed by atoms with Gasteiger partial charge >= 0.3 is 0 Å². The van der Waals surface area contributed by atoms with Crippen molar-refractivity contribution >= 4 is 16.5 Å². The number of phenolic OH excluding ortho intramolecular Hbond substituents is 1. The van der Waals surface area contributed by atoms with Crippen molar-refractivity contribution in [1.29, 1.82) is 0 Å². The van der Waals surface area contributed by atoms with Crippen LogP contribution in [0.25, 0.3) is 0 Å². The summed E-state index contributed by atoms with van der Waals surface area (Å²) in [6, 6.07) is 3.90. The van der Waals surface area contributed by atoms with Gasteiger partial charge in [-0.15, -0.1) is 5.10 Å². The van der Waals surface area contributed by atoms with Crippen molar-refractivity contribution in [3.63, 3.8) is 0 Å². The van der Waals surface area contributed by atoms with E-state index in [1.165, 1.54) is 17.6 Å². The van der Waals surface area contributed by atoms with Gasteiger partial charge in [-0.05, 0) is 13.0 Å². The molecule has 2 N–H and O–H groups in total. The molecule has 0 saturated heterocycles. The summed E-state index contributed by atoms with van der Waals surface area (Å²) in [5, 5.41) is 16.6. The molecule has 84 valence electrons. The van der Waals surface area contributed by atoms with Crippen LogP contribution in [0.1, 0.15) is 18.5 Å². The van der Waals surface area contributed by atoms with Crippen molar-refractivity contribution in [1.82, 2.24) is 9.59 Å². The lowest BCUT2D eigenvalue weighted by atomic mass is 10.1. The van der Waals surface area contributed by atoms with E-state index in [4.69, 9.17) is 5.11 Å². The minimum atomic E-state index is -0.433. The van der Waals surface area contributed by atoms with E-state index in [1.807, 2.05) is 6.92 Å². The van der Waals surface area contributed by atoms with Crippen molar-refractivity contribution in [3.8, 4) is 5.75 Å². The second-order valence-electron chi connectivity index (χ2n) is 3.35. The van der Waals surface area contributed by atoms with Gasteiger partial charge in [0.1, 0.15) is 16.6 Å². The van der Waals surface area contributed by atoms with Gasteiger partial charge in [0, 0.05) is 23.2 Å². The van der Waals surface area contributed by atoms with Crippen LogP contribution in [0, 0.1) is 5.82 Å². The minimum Gasteiger partial charge on any atom is -0.508 e. The van der Waals surface area contributed by atoms with Gasteiger partial charge in [0.15, 0.2) is 0 Å². The van der Waals surface area contributed by atoms with Crippen molar-refractivity contribution in [2.24, 2.45) is 0 Å². The van der Waals surface area contributed by atoms with Crippen molar-refractivity contribution in [2.75, 3.05) is 5.32 Å².